The summed E-state index contributed by atoms with van der Waals surface area (Å²) in [5.74, 6) is 0.202. The molecule has 1 saturated carbocycles. The number of hydrogen-bond donors (Lipinski definition) is 1. The lowest BCUT2D eigenvalue weighted by atomic mass is 9.76. The van der Waals surface area contributed by atoms with Gasteiger partial charge in [0, 0.05) is 11.4 Å². The SMILES string of the molecule is CC1CCCC(O)(Cc2ccc(Cl)cc2F)C1. The van der Waals surface area contributed by atoms with Gasteiger partial charge in [0.2, 0.25) is 0 Å². The molecule has 1 aliphatic carbocycles. The second-order valence-corrected chi connectivity index (χ2v) is 5.77. The van der Waals surface area contributed by atoms with Crippen LogP contribution in [0.1, 0.15) is 38.2 Å². The van der Waals surface area contributed by atoms with Crippen LogP contribution < -0.4 is 0 Å². The largest absolute Gasteiger partial charge is 0.390 e. The van der Waals surface area contributed by atoms with E-state index in [0.717, 1.165) is 25.7 Å². The van der Waals surface area contributed by atoms with Crippen LogP contribution in [0.2, 0.25) is 5.02 Å². The van der Waals surface area contributed by atoms with Gasteiger partial charge in [-0.1, -0.05) is 37.4 Å². The Hall–Kier alpha value is -0.600. The van der Waals surface area contributed by atoms with E-state index in [1.54, 1.807) is 12.1 Å². The van der Waals surface area contributed by atoms with Crippen LogP contribution in [-0.2, 0) is 6.42 Å². The van der Waals surface area contributed by atoms with Crippen molar-refractivity contribution in [2.75, 3.05) is 0 Å². The van der Waals surface area contributed by atoms with E-state index in [-0.39, 0.29) is 5.82 Å². The van der Waals surface area contributed by atoms with Crippen molar-refractivity contribution in [3.05, 3.63) is 34.6 Å². The summed E-state index contributed by atoms with van der Waals surface area (Å²) in [6.45, 7) is 2.14. The summed E-state index contributed by atoms with van der Waals surface area (Å²) >= 11 is 5.72. The van der Waals surface area contributed by atoms with Crippen molar-refractivity contribution >= 4 is 11.6 Å². The third-order valence-electron chi connectivity index (χ3n) is 3.60. The van der Waals surface area contributed by atoms with Gasteiger partial charge in [-0.3, -0.25) is 0 Å². The molecule has 1 nitrogen and oxygen atoms in total. The zero-order valence-corrected chi connectivity index (χ0v) is 10.8. The lowest BCUT2D eigenvalue weighted by molar-refractivity contribution is -0.0130. The lowest BCUT2D eigenvalue weighted by Gasteiger charge is -2.35. The molecule has 0 radical (unpaired) electrons. The Morgan fingerprint density at radius 3 is 2.94 bits per heavy atom. The fraction of sp³-hybridized carbons (Fsp3) is 0.571. The maximum Gasteiger partial charge on any atom is 0.127 e. The summed E-state index contributed by atoms with van der Waals surface area (Å²) < 4.78 is 13.7. The third-order valence-corrected chi connectivity index (χ3v) is 3.84. The van der Waals surface area contributed by atoms with E-state index in [1.807, 2.05) is 0 Å². The summed E-state index contributed by atoms with van der Waals surface area (Å²) in [6, 6.07) is 4.66. The van der Waals surface area contributed by atoms with Gasteiger partial charge in [0.25, 0.3) is 0 Å². The maximum atomic E-state index is 13.7. The first-order valence-electron chi connectivity index (χ1n) is 6.15. The van der Waals surface area contributed by atoms with E-state index in [4.69, 9.17) is 11.6 Å². The fourth-order valence-corrected chi connectivity index (χ4v) is 2.97. The average Bonchev–Trinajstić information content (AvgIpc) is 2.22. The normalized spacial score (nSPS) is 29.3. The van der Waals surface area contributed by atoms with Crippen molar-refractivity contribution in [2.24, 2.45) is 5.92 Å². The molecule has 2 rings (SSSR count). The molecule has 1 aromatic rings. The molecule has 2 unspecified atom stereocenters. The van der Waals surface area contributed by atoms with Crippen LogP contribution in [0.5, 0.6) is 0 Å². The standard InChI is InChI=1S/C14H18ClFO/c1-10-3-2-6-14(17,8-10)9-11-4-5-12(15)7-13(11)16/h4-5,7,10,17H,2-3,6,8-9H2,1H3. The molecule has 2 atom stereocenters. The zero-order valence-electron chi connectivity index (χ0n) is 10.0. The molecule has 0 aliphatic heterocycles. The molecule has 1 N–H and O–H groups in total. The number of halogens is 2. The van der Waals surface area contributed by atoms with E-state index >= 15 is 0 Å². The van der Waals surface area contributed by atoms with Crippen LogP contribution in [0.25, 0.3) is 0 Å². The first-order chi connectivity index (χ1) is 7.98. The van der Waals surface area contributed by atoms with Crippen LogP contribution in [0.3, 0.4) is 0 Å². The van der Waals surface area contributed by atoms with Crippen molar-refractivity contribution in [3.8, 4) is 0 Å². The van der Waals surface area contributed by atoms with Gasteiger partial charge in [0.15, 0.2) is 0 Å². The predicted molar refractivity (Wildman–Crippen MR) is 67.7 cm³/mol. The van der Waals surface area contributed by atoms with E-state index in [1.165, 1.54) is 6.07 Å². The number of benzene rings is 1. The molecule has 94 valence electrons. The van der Waals surface area contributed by atoms with Crippen LogP contribution >= 0.6 is 11.6 Å². The van der Waals surface area contributed by atoms with Gasteiger partial charge in [0.1, 0.15) is 5.82 Å². The lowest BCUT2D eigenvalue weighted by Crippen LogP contribution is -2.37. The van der Waals surface area contributed by atoms with Crippen LogP contribution in [-0.4, -0.2) is 10.7 Å². The molecular weight excluding hydrogens is 239 g/mol. The second-order valence-electron chi connectivity index (χ2n) is 5.34. The first-order valence-corrected chi connectivity index (χ1v) is 6.53. The Morgan fingerprint density at radius 1 is 1.53 bits per heavy atom. The van der Waals surface area contributed by atoms with E-state index in [0.29, 0.717) is 22.9 Å². The van der Waals surface area contributed by atoms with Crippen molar-refractivity contribution in [3.63, 3.8) is 0 Å². The molecule has 0 heterocycles. The Bertz CT molecular complexity index is 407. The monoisotopic (exact) mass is 256 g/mol. The molecule has 0 amide bonds. The highest BCUT2D eigenvalue weighted by molar-refractivity contribution is 6.30. The Balaban J connectivity index is 2.14. The quantitative estimate of drug-likeness (QED) is 0.849. The Labute approximate surface area is 107 Å². The third kappa shape index (κ3) is 3.20. The van der Waals surface area contributed by atoms with Gasteiger partial charge >= 0.3 is 0 Å². The Kier molecular flexibility index (Phi) is 3.74. The smallest absolute Gasteiger partial charge is 0.127 e. The van der Waals surface area contributed by atoms with Crippen molar-refractivity contribution in [2.45, 2.75) is 44.6 Å². The Morgan fingerprint density at radius 2 is 2.29 bits per heavy atom. The minimum atomic E-state index is -0.744. The first kappa shape index (κ1) is 12.8. The van der Waals surface area contributed by atoms with Crippen LogP contribution in [0.4, 0.5) is 4.39 Å². The second kappa shape index (κ2) is 4.95. The molecule has 1 fully saturated rings. The summed E-state index contributed by atoms with van der Waals surface area (Å²) in [4.78, 5) is 0. The highest BCUT2D eigenvalue weighted by Gasteiger charge is 2.33. The summed E-state index contributed by atoms with van der Waals surface area (Å²) in [6.07, 6.45) is 4.09. The summed E-state index contributed by atoms with van der Waals surface area (Å²) in [7, 11) is 0. The summed E-state index contributed by atoms with van der Waals surface area (Å²) in [5, 5.41) is 10.9. The molecule has 0 bridgehead atoms. The highest BCUT2D eigenvalue weighted by atomic mass is 35.5. The molecule has 0 aromatic heterocycles. The van der Waals surface area contributed by atoms with Crippen LogP contribution in [0.15, 0.2) is 18.2 Å². The van der Waals surface area contributed by atoms with Gasteiger partial charge in [-0.05, 0) is 36.5 Å². The van der Waals surface area contributed by atoms with Crippen molar-refractivity contribution < 1.29 is 9.50 Å². The van der Waals surface area contributed by atoms with Gasteiger partial charge in [-0.25, -0.2) is 4.39 Å². The van der Waals surface area contributed by atoms with Gasteiger partial charge in [-0.2, -0.15) is 0 Å². The van der Waals surface area contributed by atoms with E-state index in [9.17, 15) is 9.50 Å². The van der Waals surface area contributed by atoms with E-state index in [2.05, 4.69) is 6.92 Å². The fourth-order valence-electron chi connectivity index (χ4n) is 2.81. The molecular formula is C14H18ClFO. The topological polar surface area (TPSA) is 20.2 Å². The van der Waals surface area contributed by atoms with Crippen molar-refractivity contribution in [1.29, 1.82) is 0 Å². The highest BCUT2D eigenvalue weighted by Crippen LogP contribution is 2.35. The summed E-state index contributed by atoms with van der Waals surface area (Å²) in [5.41, 5.74) is -0.183. The average molecular weight is 257 g/mol. The maximum absolute atomic E-state index is 13.7. The van der Waals surface area contributed by atoms with Crippen LogP contribution in [0, 0.1) is 11.7 Å². The molecule has 1 aliphatic rings. The van der Waals surface area contributed by atoms with Gasteiger partial charge in [0.05, 0.1) is 5.60 Å². The number of rotatable bonds is 2. The molecule has 0 saturated heterocycles. The molecule has 3 heteroatoms. The number of hydrogen-bond acceptors (Lipinski definition) is 1. The molecule has 1 aromatic carbocycles. The van der Waals surface area contributed by atoms with Crippen molar-refractivity contribution in [1.82, 2.24) is 0 Å². The minimum absolute atomic E-state index is 0.316. The number of aliphatic hydroxyl groups is 1. The molecule has 17 heavy (non-hydrogen) atoms. The van der Waals surface area contributed by atoms with E-state index < -0.39 is 5.60 Å². The van der Waals surface area contributed by atoms with Gasteiger partial charge in [-0.15, -0.1) is 0 Å². The predicted octanol–water partition coefficient (Wildman–Crippen LogP) is 3.96. The van der Waals surface area contributed by atoms with Gasteiger partial charge < -0.3 is 5.11 Å². The molecule has 0 spiro atoms. The zero-order chi connectivity index (χ0) is 12.5. The minimum Gasteiger partial charge on any atom is -0.390 e.